The number of allylic oxidation sites excluding steroid dienone is 6. The summed E-state index contributed by atoms with van der Waals surface area (Å²) in [5, 5.41) is 29.0. The molecule has 0 aliphatic carbocycles. The van der Waals surface area contributed by atoms with E-state index in [9.17, 15) is 20.6 Å². The van der Waals surface area contributed by atoms with Crippen LogP contribution < -0.4 is 4.90 Å². The highest BCUT2D eigenvalue weighted by atomic mass is 16.5. The molecule has 162 valence electrons. The van der Waals surface area contributed by atoms with Crippen molar-refractivity contribution in [2.24, 2.45) is 0 Å². The Morgan fingerprint density at radius 3 is 2.12 bits per heavy atom. The molecule has 0 unspecified atom stereocenters. The standard InChI is InChI=1S/C27H22N4O2/c1-27(2)22-7-5-6-8-23(22)31(3)24(27)14-13-20(15-28)25(21(16-29)17-30)18-9-11-19(12-10-18)26(32)33-4/h5-14H,1-4H3. The molecule has 0 saturated heterocycles. The number of likely N-dealkylation sites (N-methyl/N-ethyl adjacent to an activating group) is 1. The number of esters is 1. The van der Waals surface area contributed by atoms with Gasteiger partial charge >= 0.3 is 5.97 Å². The molecule has 1 aliphatic heterocycles. The van der Waals surface area contributed by atoms with Crippen LogP contribution in [0.25, 0.3) is 5.57 Å². The summed E-state index contributed by atoms with van der Waals surface area (Å²) in [6.45, 7) is 4.22. The Morgan fingerprint density at radius 1 is 0.970 bits per heavy atom. The zero-order valence-electron chi connectivity index (χ0n) is 18.9. The molecule has 0 fully saturated rings. The van der Waals surface area contributed by atoms with Gasteiger partial charge in [-0.3, -0.25) is 0 Å². The minimum Gasteiger partial charge on any atom is -0.465 e. The van der Waals surface area contributed by atoms with E-state index in [-0.39, 0.29) is 22.1 Å². The number of carbonyl (C=O) groups excluding carboxylic acids is 1. The molecule has 1 aliphatic rings. The summed E-state index contributed by atoms with van der Waals surface area (Å²) in [7, 11) is 3.26. The lowest BCUT2D eigenvalue weighted by Gasteiger charge is -2.23. The van der Waals surface area contributed by atoms with E-state index >= 15 is 0 Å². The van der Waals surface area contributed by atoms with E-state index in [4.69, 9.17) is 4.74 Å². The molecule has 0 amide bonds. The molecule has 0 saturated carbocycles. The number of benzene rings is 2. The van der Waals surface area contributed by atoms with Crippen LogP contribution in [0.4, 0.5) is 5.69 Å². The van der Waals surface area contributed by atoms with Gasteiger partial charge in [0.1, 0.15) is 17.7 Å². The van der Waals surface area contributed by atoms with Gasteiger partial charge in [0.25, 0.3) is 0 Å². The molecule has 0 bridgehead atoms. The van der Waals surface area contributed by atoms with Gasteiger partial charge < -0.3 is 9.64 Å². The van der Waals surface area contributed by atoms with E-state index in [0.29, 0.717) is 11.1 Å². The summed E-state index contributed by atoms with van der Waals surface area (Å²) in [5.74, 6) is -0.500. The molecule has 0 radical (unpaired) electrons. The van der Waals surface area contributed by atoms with Crippen molar-refractivity contribution >= 4 is 17.2 Å². The van der Waals surface area contributed by atoms with Crippen LogP contribution in [0.15, 0.2) is 77.5 Å². The molecule has 0 atom stereocenters. The zero-order valence-corrected chi connectivity index (χ0v) is 18.9. The minimum atomic E-state index is -0.500. The fraction of sp³-hybridized carbons (Fsp3) is 0.185. The fourth-order valence-electron chi connectivity index (χ4n) is 4.10. The van der Waals surface area contributed by atoms with Crippen LogP contribution in [-0.4, -0.2) is 20.1 Å². The van der Waals surface area contributed by atoms with Gasteiger partial charge in [0.05, 0.1) is 24.3 Å². The van der Waals surface area contributed by atoms with E-state index in [1.165, 1.54) is 24.8 Å². The van der Waals surface area contributed by atoms with E-state index in [2.05, 4.69) is 30.9 Å². The number of methoxy groups -OCH3 is 1. The number of nitrogens with zero attached hydrogens (tertiary/aromatic N) is 4. The number of nitriles is 3. The Morgan fingerprint density at radius 2 is 1.58 bits per heavy atom. The maximum atomic E-state index is 11.8. The molecular weight excluding hydrogens is 412 g/mol. The lowest BCUT2D eigenvalue weighted by Crippen LogP contribution is -2.22. The number of anilines is 1. The molecule has 6 nitrogen and oxygen atoms in total. The van der Waals surface area contributed by atoms with Crippen LogP contribution in [-0.2, 0) is 10.2 Å². The second-order valence-corrected chi connectivity index (χ2v) is 7.99. The quantitative estimate of drug-likeness (QED) is 0.380. The minimum absolute atomic E-state index is 0.173. The number of hydrogen-bond acceptors (Lipinski definition) is 6. The molecule has 2 aromatic rings. The Balaban J connectivity index is 2.13. The predicted octanol–water partition coefficient (Wildman–Crippen LogP) is 5.04. The summed E-state index contributed by atoms with van der Waals surface area (Å²) in [5.41, 5.74) is 3.96. The molecule has 33 heavy (non-hydrogen) atoms. The van der Waals surface area contributed by atoms with Crippen LogP contribution >= 0.6 is 0 Å². The molecule has 3 rings (SSSR count). The van der Waals surface area contributed by atoms with Gasteiger partial charge in [-0.25, -0.2) is 4.79 Å². The van der Waals surface area contributed by atoms with Crippen molar-refractivity contribution < 1.29 is 9.53 Å². The maximum Gasteiger partial charge on any atom is 0.337 e. The molecule has 6 heteroatoms. The van der Waals surface area contributed by atoms with Crippen LogP contribution in [0.1, 0.15) is 35.3 Å². The van der Waals surface area contributed by atoms with Gasteiger partial charge in [-0.05, 0) is 41.5 Å². The van der Waals surface area contributed by atoms with Gasteiger partial charge in [0, 0.05) is 29.4 Å². The zero-order chi connectivity index (χ0) is 24.2. The maximum absolute atomic E-state index is 11.8. The van der Waals surface area contributed by atoms with Crippen molar-refractivity contribution in [3.05, 3.63) is 94.2 Å². The topological polar surface area (TPSA) is 101 Å². The first kappa shape index (κ1) is 23.1. The van der Waals surface area contributed by atoms with Crippen molar-refractivity contribution in [2.75, 3.05) is 19.1 Å². The van der Waals surface area contributed by atoms with Crippen molar-refractivity contribution in [1.29, 1.82) is 15.8 Å². The predicted molar refractivity (Wildman–Crippen MR) is 126 cm³/mol. The van der Waals surface area contributed by atoms with Crippen LogP contribution in [0, 0.1) is 34.0 Å². The van der Waals surface area contributed by atoms with Gasteiger partial charge in [-0.2, -0.15) is 15.8 Å². The van der Waals surface area contributed by atoms with Crippen molar-refractivity contribution in [2.45, 2.75) is 19.3 Å². The molecule has 2 aromatic carbocycles. The van der Waals surface area contributed by atoms with E-state index < -0.39 is 5.97 Å². The average Bonchev–Trinajstić information content (AvgIpc) is 3.03. The van der Waals surface area contributed by atoms with Crippen LogP contribution in [0.2, 0.25) is 0 Å². The normalized spacial score (nSPS) is 15.1. The first-order chi connectivity index (χ1) is 15.8. The third-order valence-electron chi connectivity index (χ3n) is 5.81. The van der Waals surface area contributed by atoms with Gasteiger partial charge in [0.15, 0.2) is 0 Å². The largest absolute Gasteiger partial charge is 0.465 e. The number of rotatable bonds is 4. The Labute approximate surface area is 193 Å². The Bertz CT molecular complexity index is 1310. The number of carbonyl (C=O) groups is 1. The van der Waals surface area contributed by atoms with Crippen molar-refractivity contribution in [3.63, 3.8) is 0 Å². The third kappa shape index (κ3) is 4.13. The lowest BCUT2D eigenvalue weighted by molar-refractivity contribution is 0.0600. The number of para-hydroxylation sites is 1. The molecule has 0 aromatic heterocycles. The van der Waals surface area contributed by atoms with Crippen LogP contribution in [0.5, 0.6) is 0 Å². The summed E-state index contributed by atoms with van der Waals surface area (Å²) < 4.78 is 4.71. The smallest absolute Gasteiger partial charge is 0.337 e. The third-order valence-corrected chi connectivity index (χ3v) is 5.81. The lowest BCUT2D eigenvalue weighted by atomic mass is 9.83. The molecular formula is C27H22N4O2. The summed E-state index contributed by atoms with van der Waals surface area (Å²) >= 11 is 0. The van der Waals surface area contributed by atoms with Gasteiger partial charge in [-0.1, -0.05) is 44.2 Å². The van der Waals surface area contributed by atoms with Gasteiger partial charge in [0.2, 0.25) is 0 Å². The second-order valence-electron chi connectivity index (χ2n) is 7.99. The van der Waals surface area contributed by atoms with E-state index in [0.717, 1.165) is 11.4 Å². The SMILES string of the molecule is COC(=O)c1ccc(C(C(C#N)=CC=C2N(C)c3ccccc3C2(C)C)=C(C#N)C#N)cc1. The van der Waals surface area contributed by atoms with Gasteiger partial charge in [-0.15, -0.1) is 0 Å². The fourth-order valence-corrected chi connectivity index (χ4v) is 4.10. The molecule has 0 N–H and O–H groups in total. The average molecular weight is 434 g/mol. The monoisotopic (exact) mass is 434 g/mol. The summed E-state index contributed by atoms with van der Waals surface area (Å²) in [6, 6.07) is 20.3. The Hall–Kier alpha value is -4.60. The second kappa shape index (κ2) is 9.27. The molecule has 0 spiro atoms. The van der Waals surface area contributed by atoms with E-state index in [1.807, 2.05) is 43.5 Å². The highest BCUT2D eigenvalue weighted by molar-refractivity contribution is 5.92. The van der Waals surface area contributed by atoms with E-state index in [1.54, 1.807) is 18.2 Å². The first-order valence-electron chi connectivity index (χ1n) is 10.2. The highest BCUT2D eigenvalue weighted by Gasteiger charge is 2.37. The van der Waals surface area contributed by atoms with Crippen LogP contribution in [0.3, 0.4) is 0 Å². The molecule has 1 heterocycles. The number of hydrogen-bond donors (Lipinski definition) is 0. The van der Waals surface area contributed by atoms with Crippen molar-refractivity contribution in [1.82, 2.24) is 0 Å². The first-order valence-corrected chi connectivity index (χ1v) is 10.2. The Kier molecular flexibility index (Phi) is 6.48. The summed E-state index contributed by atoms with van der Waals surface area (Å²) in [6.07, 6.45) is 3.49. The number of ether oxygens (including phenoxy) is 1. The number of fused-ring (bicyclic) bond motifs is 1. The van der Waals surface area contributed by atoms with Crippen molar-refractivity contribution in [3.8, 4) is 18.2 Å². The summed E-state index contributed by atoms with van der Waals surface area (Å²) in [4.78, 5) is 13.8. The highest BCUT2D eigenvalue weighted by Crippen LogP contribution is 2.46.